The van der Waals surface area contributed by atoms with Gasteiger partial charge in [-0.25, -0.2) is 4.98 Å². The van der Waals surface area contributed by atoms with Gasteiger partial charge >= 0.3 is 11.6 Å². The molecular weight excluding hydrogens is 278 g/mol. The highest BCUT2D eigenvalue weighted by Gasteiger charge is 2.24. The summed E-state index contributed by atoms with van der Waals surface area (Å²) in [4.78, 5) is 29.1. The van der Waals surface area contributed by atoms with E-state index in [-0.39, 0.29) is 28.8 Å². The molecule has 0 bridgehead atoms. The van der Waals surface area contributed by atoms with Crippen molar-refractivity contribution in [2.24, 2.45) is 5.73 Å². The summed E-state index contributed by atoms with van der Waals surface area (Å²) < 4.78 is 5.35. The Labute approximate surface area is 118 Å². The number of carbonyl (C=O) groups is 1. The summed E-state index contributed by atoms with van der Waals surface area (Å²) in [5.41, 5.74) is 10.4. The second kappa shape index (κ2) is 5.41. The van der Waals surface area contributed by atoms with Crippen molar-refractivity contribution in [2.75, 3.05) is 5.73 Å². The lowest BCUT2D eigenvalue weighted by atomic mass is 10.2. The highest BCUT2D eigenvalue weighted by atomic mass is 16.6. The Kier molecular flexibility index (Phi) is 3.65. The number of para-hydroxylation sites is 1. The van der Waals surface area contributed by atoms with Gasteiger partial charge in [0, 0.05) is 0 Å². The van der Waals surface area contributed by atoms with Crippen LogP contribution in [-0.4, -0.2) is 20.8 Å². The molecule has 0 saturated carbocycles. The van der Waals surface area contributed by atoms with Crippen LogP contribution < -0.4 is 16.2 Å². The third-order valence-corrected chi connectivity index (χ3v) is 2.59. The number of benzene rings is 1. The van der Waals surface area contributed by atoms with Crippen LogP contribution in [0.1, 0.15) is 16.1 Å². The first kappa shape index (κ1) is 14.2. The molecule has 9 nitrogen and oxygen atoms in total. The van der Waals surface area contributed by atoms with Gasteiger partial charge in [-0.1, -0.05) is 12.1 Å². The largest absolute Gasteiger partial charge is 0.433 e. The summed E-state index contributed by atoms with van der Waals surface area (Å²) >= 11 is 0. The number of nitrogen functional groups attached to an aromatic ring is 1. The third kappa shape index (κ3) is 2.86. The molecule has 0 radical (unpaired) electrons. The number of aromatic nitrogens is 2. The minimum absolute atomic E-state index is 0.0469. The molecule has 21 heavy (non-hydrogen) atoms. The summed E-state index contributed by atoms with van der Waals surface area (Å²) in [5, 5.41) is 11.1. The minimum atomic E-state index is -0.730. The number of nitro groups is 1. The zero-order valence-electron chi connectivity index (χ0n) is 10.9. The molecule has 9 heteroatoms. The van der Waals surface area contributed by atoms with Crippen LogP contribution in [0.25, 0.3) is 0 Å². The molecule has 0 fully saturated rings. The number of nitrogens with two attached hydrogens (primary N) is 2. The molecule has 1 amide bonds. The number of anilines is 1. The topological polar surface area (TPSA) is 147 Å². The maximum absolute atomic E-state index is 11.3. The number of aryl methyl sites for hydroxylation is 1. The number of hydrogen-bond donors (Lipinski definition) is 2. The van der Waals surface area contributed by atoms with Gasteiger partial charge in [0.05, 0.1) is 10.5 Å². The summed E-state index contributed by atoms with van der Waals surface area (Å²) in [6.45, 7) is 1.41. The fraction of sp³-hybridized carbons (Fsp3) is 0.0833. The predicted octanol–water partition coefficient (Wildman–Crippen LogP) is 1.17. The second-order valence-electron chi connectivity index (χ2n) is 4.04. The van der Waals surface area contributed by atoms with Crippen molar-refractivity contribution in [3.63, 3.8) is 0 Å². The predicted molar refractivity (Wildman–Crippen MR) is 72.9 cm³/mol. The van der Waals surface area contributed by atoms with Crippen LogP contribution in [0, 0.1) is 17.0 Å². The zero-order valence-corrected chi connectivity index (χ0v) is 10.9. The van der Waals surface area contributed by atoms with Gasteiger partial charge in [0.15, 0.2) is 0 Å². The normalized spacial score (nSPS) is 10.1. The molecule has 1 aromatic carbocycles. The summed E-state index contributed by atoms with van der Waals surface area (Å²) in [5.74, 6) is -1.21. The number of primary amides is 1. The third-order valence-electron chi connectivity index (χ3n) is 2.59. The molecule has 0 saturated heterocycles. The van der Waals surface area contributed by atoms with Gasteiger partial charge < -0.3 is 16.2 Å². The van der Waals surface area contributed by atoms with Crippen molar-refractivity contribution in [2.45, 2.75) is 6.92 Å². The van der Waals surface area contributed by atoms with E-state index in [9.17, 15) is 14.9 Å². The molecule has 0 unspecified atom stereocenters. The van der Waals surface area contributed by atoms with Crippen molar-refractivity contribution >= 4 is 17.5 Å². The van der Waals surface area contributed by atoms with E-state index in [0.717, 1.165) is 0 Å². The Bertz CT molecular complexity index is 732. The van der Waals surface area contributed by atoms with E-state index in [1.54, 1.807) is 12.1 Å². The fourth-order valence-electron chi connectivity index (χ4n) is 1.71. The Balaban J connectivity index is 2.54. The van der Waals surface area contributed by atoms with Crippen molar-refractivity contribution in [3.8, 4) is 11.6 Å². The Hall–Kier alpha value is -3.23. The standard InChI is InChI=1S/C12H11N5O4/c1-6-9(17(19)20)11(16-12(14)15-6)21-8-5-3-2-4-7(8)10(13)18/h2-5H,1H3,(H2,13,18)(H2,14,15,16). The van der Waals surface area contributed by atoms with Gasteiger partial charge in [-0.3, -0.25) is 14.9 Å². The number of nitrogens with zero attached hydrogens (tertiary/aromatic N) is 3. The van der Waals surface area contributed by atoms with Gasteiger partial charge in [-0.05, 0) is 19.1 Å². The van der Waals surface area contributed by atoms with Crippen molar-refractivity contribution in [3.05, 3.63) is 45.6 Å². The first-order valence-electron chi connectivity index (χ1n) is 5.75. The van der Waals surface area contributed by atoms with Crippen LogP contribution in [-0.2, 0) is 0 Å². The van der Waals surface area contributed by atoms with Gasteiger partial charge in [0.2, 0.25) is 5.95 Å². The van der Waals surface area contributed by atoms with E-state index < -0.39 is 16.5 Å². The molecule has 1 aromatic heterocycles. The van der Waals surface area contributed by atoms with Crippen LogP contribution in [0.5, 0.6) is 11.6 Å². The molecule has 0 aliphatic heterocycles. The maximum atomic E-state index is 11.3. The first-order chi connectivity index (χ1) is 9.90. The highest BCUT2D eigenvalue weighted by Crippen LogP contribution is 2.33. The highest BCUT2D eigenvalue weighted by molar-refractivity contribution is 5.95. The zero-order chi connectivity index (χ0) is 15.6. The minimum Gasteiger partial charge on any atom is -0.433 e. The fourth-order valence-corrected chi connectivity index (χ4v) is 1.71. The smallest absolute Gasteiger partial charge is 0.352 e. The van der Waals surface area contributed by atoms with Gasteiger partial charge in [0.25, 0.3) is 5.91 Å². The van der Waals surface area contributed by atoms with Gasteiger partial charge in [-0.2, -0.15) is 4.98 Å². The van der Waals surface area contributed by atoms with Crippen molar-refractivity contribution in [1.82, 2.24) is 9.97 Å². The monoisotopic (exact) mass is 289 g/mol. The molecule has 0 atom stereocenters. The van der Waals surface area contributed by atoms with E-state index in [4.69, 9.17) is 16.2 Å². The average Bonchev–Trinajstić information content (AvgIpc) is 2.37. The van der Waals surface area contributed by atoms with Crippen molar-refractivity contribution < 1.29 is 14.5 Å². The van der Waals surface area contributed by atoms with E-state index in [0.29, 0.717) is 0 Å². The molecule has 2 rings (SSSR count). The number of carbonyl (C=O) groups excluding carboxylic acids is 1. The number of hydrogen-bond acceptors (Lipinski definition) is 7. The van der Waals surface area contributed by atoms with Crippen molar-refractivity contribution in [1.29, 1.82) is 0 Å². The molecule has 0 aliphatic carbocycles. The molecule has 4 N–H and O–H groups in total. The average molecular weight is 289 g/mol. The van der Waals surface area contributed by atoms with E-state index >= 15 is 0 Å². The summed E-state index contributed by atoms with van der Waals surface area (Å²) in [6.07, 6.45) is 0. The van der Waals surface area contributed by atoms with Crippen LogP contribution in [0.3, 0.4) is 0 Å². The van der Waals surface area contributed by atoms with Crippen LogP contribution in [0.4, 0.5) is 11.6 Å². The SMILES string of the molecule is Cc1nc(N)nc(Oc2ccccc2C(N)=O)c1[N+](=O)[O-]. The lowest BCUT2D eigenvalue weighted by Crippen LogP contribution is -2.12. The maximum Gasteiger partial charge on any atom is 0.352 e. The number of amides is 1. The van der Waals surface area contributed by atoms with Crippen LogP contribution >= 0.6 is 0 Å². The molecule has 0 aliphatic rings. The molecule has 0 spiro atoms. The van der Waals surface area contributed by atoms with E-state index in [1.807, 2.05) is 0 Å². The van der Waals surface area contributed by atoms with Crippen LogP contribution in [0.2, 0.25) is 0 Å². The first-order valence-corrected chi connectivity index (χ1v) is 5.75. The Morgan fingerprint density at radius 2 is 2.00 bits per heavy atom. The number of ether oxygens (including phenoxy) is 1. The molecule has 2 aromatic rings. The van der Waals surface area contributed by atoms with Gasteiger partial charge in [0.1, 0.15) is 11.4 Å². The Morgan fingerprint density at radius 3 is 2.62 bits per heavy atom. The number of rotatable bonds is 4. The lowest BCUT2D eigenvalue weighted by molar-refractivity contribution is -0.386. The summed E-state index contributed by atoms with van der Waals surface area (Å²) in [7, 11) is 0. The van der Waals surface area contributed by atoms with E-state index in [2.05, 4.69) is 9.97 Å². The summed E-state index contributed by atoms with van der Waals surface area (Å²) in [6, 6.07) is 6.05. The molecule has 108 valence electrons. The Morgan fingerprint density at radius 1 is 1.33 bits per heavy atom. The second-order valence-corrected chi connectivity index (χ2v) is 4.04. The van der Waals surface area contributed by atoms with E-state index in [1.165, 1.54) is 19.1 Å². The molecular formula is C12H11N5O4. The quantitative estimate of drug-likeness (QED) is 0.633. The lowest BCUT2D eigenvalue weighted by Gasteiger charge is -2.09. The molecule has 1 heterocycles. The van der Waals surface area contributed by atoms with Crippen LogP contribution in [0.15, 0.2) is 24.3 Å². The van der Waals surface area contributed by atoms with Gasteiger partial charge in [-0.15, -0.1) is 0 Å².